The first-order valence-electron chi connectivity index (χ1n) is 9.99. The van der Waals surface area contributed by atoms with Crippen molar-refractivity contribution in [2.75, 3.05) is 19.0 Å². The van der Waals surface area contributed by atoms with Crippen LogP contribution in [-0.2, 0) is 4.79 Å². The summed E-state index contributed by atoms with van der Waals surface area (Å²) in [7, 11) is 1.48. The number of ether oxygens (including phenoxy) is 2. The summed E-state index contributed by atoms with van der Waals surface area (Å²) in [6.45, 7) is -0.287. The van der Waals surface area contributed by atoms with Gasteiger partial charge in [0.2, 0.25) is 0 Å². The number of allylic oxidation sites excluding steroid dienone is 1. The fourth-order valence-electron chi connectivity index (χ4n) is 3.20. The van der Waals surface area contributed by atoms with Crippen molar-refractivity contribution in [2.45, 2.75) is 0 Å². The number of benzene rings is 3. The molecule has 0 saturated carbocycles. The molecule has 3 aromatic carbocycles. The van der Waals surface area contributed by atoms with Gasteiger partial charge < -0.3 is 19.8 Å². The zero-order chi connectivity index (χ0) is 23.2. The Bertz CT molecular complexity index is 1350. The number of aromatic nitrogens is 2. The Hall–Kier alpha value is -4.64. The molecule has 1 amide bonds. The average molecular weight is 442 g/mol. The second-order valence-electron chi connectivity index (χ2n) is 7.03. The fourth-order valence-corrected chi connectivity index (χ4v) is 3.20. The zero-order valence-electron chi connectivity index (χ0n) is 17.6. The van der Waals surface area contributed by atoms with E-state index in [0.29, 0.717) is 34.1 Å². The van der Waals surface area contributed by atoms with Gasteiger partial charge in [0, 0.05) is 5.69 Å². The van der Waals surface area contributed by atoms with E-state index in [9.17, 15) is 14.4 Å². The molecule has 8 heteroatoms. The number of hydrogen-bond acceptors (Lipinski definition) is 5. The molecule has 1 heterocycles. The van der Waals surface area contributed by atoms with Gasteiger partial charge in [0.15, 0.2) is 18.1 Å². The normalized spacial score (nSPS) is 11.1. The molecule has 0 unspecified atom stereocenters. The topological polar surface area (TPSA) is 100 Å². The molecule has 4 aromatic rings. The number of imidazole rings is 1. The lowest BCUT2D eigenvalue weighted by Gasteiger charge is -2.12. The highest BCUT2D eigenvalue weighted by Crippen LogP contribution is 2.30. The van der Waals surface area contributed by atoms with E-state index in [1.54, 1.807) is 30.3 Å². The van der Waals surface area contributed by atoms with Crippen LogP contribution < -0.4 is 14.8 Å². The van der Waals surface area contributed by atoms with Crippen molar-refractivity contribution in [2.24, 2.45) is 0 Å². The maximum absolute atomic E-state index is 13.3. The number of aromatic amines is 1. The van der Waals surface area contributed by atoms with Gasteiger partial charge in [-0.15, -0.1) is 0 Å². The van der Waals surface area contributed by atoms with Crippen LogP contribution in [0.3, 0.4) is 0 Å². The van der Waals surface area contributed by atoms with E-state index in [2.05, 4.69) is 21.4 Å². The molecule has 0 fully saturated rings. The lowest BCUT2D eigenvalue weighted by Crippen LogP contribution is -2.20. The molecular weight excluding hydrogens is 423 g/mol. The molecule has 0 aliphatic carbocycles. The minimum Gasteiger partial charge on any atom is -0.493 e. The molecule has 0 saturated heterocycles. The monoisotopic (exact) mass is 442 g/mol. The van der Waals surface area contributed by atoms with Crippen molar-refractivity contribution in [3.8, 4) is 17.6 Å². The summed E-state index contributed by atoms with van der Waals surface area (Å²) in [6.07, 6.45) is 1.68. The summed E-state index contributed by atoms with van der Waals surface area (Å²) >= 11 is 0. The van der Waals surface area contributed by atoms with Gasteiger partial charge in [-0.2, -0.15) is 5.26 Å². The highest BCUT2D eigenvalue weighted by molar-refractivity contribution is 5.92. The number of nitrogens with zero attached hydrogens (tertiary/aromatic N) is 2. The summed E-state index contributed by atoms with van der Waals surface area (Å²) < 4.78 is 24.2. The summed E-state index contributed by atoms with van der Waals surface area (Å²) in [5.41, 5.74) is 3.00. The van der Waals surface area contributed by atoms with Crippen molar-refractivity contribution in [3.05, 3.63) is 83.9 Å². The number of nitriles is 1. The zero-order valence-corrected chi connectivity index (χ0v) is 17.6. The number of para-hydroxylation sites is 2. The van der Waals surface area contributed by atoms with Crippen molar-refractivity contribution in [1.29, 1.82) is 5.26 Å². The van der Waals surface area contributed by atoms with Crippen LogP contribution in [0.1, 0.15) is 11.4 Å². The van der Waals surface area contributed by atoms with E-state index in [-0.39, 0.29) is 6.61 Å². The summed E-state index contributed by atoms with van der Waals surface area (Å²) in [5.74, 6) is 0.323. The van der Waals surface area contributed by atoms with E-state index >= 15 is 0 Å². The third kappa shape index (κ3) is 5.17. The Kier molecular flexibility index (Phi) is 6.32. The van der Waals surface area contributed by atoms with Gasteiger partial charge in [0.1, 0.15) is 17.7 Å². The van der Waals surface area contributed by atoms with Crippen molar-refractivity contribution in [1.82, 2.24) is 9.97 Å². The van der Waals surface area contributed by atoms with Gasteiger partial charge in [-0.25, -0.2) is 9.37 Å². The van der Waals surface area contributed by atoms with Crippen LogP contribution in [0.15, 0.2) is 66.7 Å². The number of H-pyrrole nitrogens is 1. The molecule has 0 spiro atoms. The van der Waals surface area contributed by atoms with Gasteiger partial charge in [-0.1, -0.05) is 24.3 Å². The molecule has 2 N–H and O–H groups in total. The molecule has 0 aliphatic heterocycles. The Morgan fingerprint density at radius 2 is 2.00 bits per heavy atom. The van der Waals surface area contributed by atoms with E-state index in [1.807, 2.05) is 24.3 Å². The second kappa shape index (κ2) is 9.66. The van der Waals surface area contributed by atoms with Gasteiger partial charge in [-0.3, -0.25) is 4.79 Å². The molecule has 7 nitrogen and oxygen atoms in total. The average Bonchev–Trinajstić information content (AvgIpc) is 3.25. The first kappa shape index (κ1) is 21.6. The van der Waals surface area contributed by atoms with Crippen molar-refractivity contribution in [3.63, 3.8) is 0 Å². The fraction of sp³-hybridized carbons (Fsp3) is 0.0800. The molecule has 0 bridgehead atoms. The standard InChI is InChI=1S/C25H19FN4O3/c1-32-23-12-16(11-17(14-27)25-29-20-7-2-3-8-21(20)30-25)9-10-22(23)33-15-24(31)28-19-6-4-5-18(26)13-19/h2-13H,15H2,1H3,(H,28,31)(H,29,30)/b17-11+. The van der Waals surface area contributed by atoms with Crippen molar-refractivity contribution >= 4 is 34.3 Å². The number of carbonyl (C=O) groups excluding carboxylic acids is 1. The number of methoxy groups -OCH3 is 1. The molecule has 164 valence electrons. The quantitative estimate of drug-likeness (QED) is 0.401. The number of nitrogens with one attached hydrogen (secondary N) is 2. The summed E-state index contributed by atoms with van der Waals surface area (Å²) in [6, 6.07) is 20.4. The first-order chi connectivity index (χ1) is 16.1. The predicted octanol–water partition coefficient (Wildman–Crippen LogP) is 4.79. The van der Waals surface area contributed by atoms with Crippen LogP contribution in [0.2, 0.25) is 0 Å². The van der Waals surface area contributed by atoms with Crippen LogP contribution in [0.5, 0.6) is 11.5 Å². The number of anilines is 1. The molecule has 1 aromatic heterocycles. The summed E-state index contributed by atoms with van der Waals surface area (Å²) in [4.78, 5) is 19.7. The predicted molar refractivity (Wildman–Crippen MR) is 123 cm³/mol. The Morgan fingerprint density at radius 1 is 1.15 bits per heavy atom. The minimum atomic E-state index is -0.446. The number of hydrogen-bond donors (Lipinski definition) is 2. The Morgan fingerprint density at radius 3 is 2.76 bits per heavy atom. The first-order valence-corrected chi connectivity index (χ1v) is 9.99. The van der Waals surface area contributed by atoms with E-state index in [1.165, 1.54) is 25.3 Å². The molecule has 0 aliphatic rings. The number of carbonyl (C=O) groups is 1. The van der Waals surface area contributed by atoms with E-state index in [4.69, 9.17) is 9.47 Å². The highest BCUT2D eigenvalue weighted by atomic mass is 19.1. The lowest BCUT2D eigenvalue weighted by molar-refractivity contribution is -0.118. The van der Waals surface area contributed by atoms with E-state index < -0.39 is 11.7 Å². The lowest BCUT2D eigenvalue weighted by atomic mass is 10.1. The van der Waals surface area contributed by atoms with E-state index in [0.717, 1.165) is 11.0 Å². The Labute approximate surface area is 189 Å². The number of fused-ring (bicyclic) bond motifs is 1. The molecule has 0 radical (unpaired) electrons. The van der Waals surface area contributed by atoms with Crippen LogP contribution >= 0.6 is 0 Å². The number of amides is 1. The number of halogens is 1. The molecule has 0 atom stereocenters. The third-order valence-corrected chi connectivity index (χ3v) is 4.73. The van der Waals surface area contributed by atoms with Crippen LogP contribution in [0, 0.1) is 17.1 Å². The maximum atomic E-state index is 13.3. The van der Waals surface area contributed by atoms with Gasteiger partial charge >= 0.3 is 0 Å². The molecular formula is C25H19FN4O3. The largest absolute Gasteiger partial charge is 0.493 e. The van der Waals surface area contributed by atoms with Gasteiger partial charge in [-0.05, 0) is 54.1 Å². The van der Waals surface area contributed by atoms with Gasteiger partial charge in [0.25, 0.3) is 5.91 Å². The maximum Gasteiger partial charge on any atom is 0.262 e. The minimum absolute atomic E-state index is 0.287. The molecule has 33 heavy (non-hydrogen) atoms. The highest BCUT2D eigenvalue weighted by Gasteiger charge is 2.11. The SMILES string of the molecule is COc1cc(/C=C(\C#N)c2nc3ccccc3[nH]2)ccc1OCC(=O)Nc1cccc(F)c1. The summed E-state index contributed by atoms with van der Waals surface area (Å²) in [5, 5.41) is 12.2. The Balaban J connectivity index is 1.48. The molecule has 4 rings (SSSR count). The van der Waals surface area contributed by atoms with Gasteiger partial charge in [0.05, 0.1) is 23.7 Å². The van der Waals surface area contributed by atoms with Crippen LogP contribution in [0.25, 0.3) is 22.7 Å². The number of rotatable bonds is 7. The van der Waals surface area contributed by atoms with Crippen LogP contribution in [-0.4, -0.2) is 29.6 Å². The smallest absolute Gasteiger partial charge is 0.262 e. The third-order valence-electron chi connectivity index (χ3n) is 4.73. The van der Waals surface area contributed by atoms with Crippen molar-refractivity contribution < 1.29 is 18.7 Å². The van der Waals surface area contributed by atoms with Crippen LogP contribution in [0.4, 0.5) is 10.1 Å². The second-order valence-corrected chi connectivity index (χ2v) is 7.03.